The second-order valence-corrected chi connectivity index (χ2v) is 3.62. The van der Waals surface area contributed by atoms with E-state index in [4.69, 9.17) is 0 Å². The predicted molar refractivity (Wildman–Crippen MR) is 58.3 cm³/mol. The molecule has 1 aromatic heterocycles. The zero-order chi connectivity index (χ0) is 11.4. The normalized spacial score (nSPS) is 19.4. The van der Waals surface area contributed by atoms with Gasteiger partial charge in [-0.15, -0.1) is 0 Å². The van der Waals surface area contributed by atoms with Crippen molar-refractivity contribution in [3.8, 4) is 0 Å². The van der Waals surface area contributed by atoms with Gasteiger partial charge in [0.25, 0.3) is 0 Å². The number of aromatic nitrogens is 2. The number of esters is 1. The number of hydrogen-bond donors (Lipinski definition) is 2. The van der Waals surface area contributed by atoms with Gasteiger partial charge in [-0.05, 0) is 13.0 Å². The van der Waals surface area contributed by atoms with Gasteiger partial charge in [0.2, 0.25) is 0 Å². The van der Waals surface area contributed by atoms with Gasteiger partial charge >= 0.3 is 5.97 Å². The molecule has 2 N–H and O–H groups in total. The number of carbonyl (C=O) groups is 1. The SMILES string of the molecule is COC(=O)c1cncc(NC2CCNC2)n1. The molecule has 2 heterocycles. The highest BCUT2D eigenvalue weighted by Gasteiger charge is 2.15. The summed E-state index contributed by atoms with van der Waals surface area (Å²) in [6.45, 7) is 1.91. The summed E-state index contributed by atoms with van der Waals surface area (Å²) in [6, 6.07) is 0.349. The molecule has 1 aliphatic heterocycles. The molecule has 0 saturated carbocycles. The Labute approximate surface area is 93.4 Å². The first-order valence-corrected chi connectivity index (χ1v) is 5.17. The lowest BCUT2D eigenvalue weighted by molar-refractivity contribution is 0.0593. The molecular formula is C10H14N4O2. The van der Waals surface area contributed by atoms with Crippen molar-refractivity contribution in [2.24, 2.45) is 0 Å². The predicted octanol–water partition coefficient (Wildman–Crippen LogP) is 0.0370. The summed E-state index contributed by atoms with van der Waals surface area (Å²) >= 11 is 0. The maximum absolute atomic E-state index is 11.2. The highest BCUT2D eigenvalue weighted by molar-refractivity contribution is 5.87. The van der Waals surface area contributed by atoms with Crippen molar-refractivity contribution in [3.63, 3.8) is 0 Å². The third-order valence-corrected chi connectivity index (χ3v) is 2.44. The van der Waals surface area contributed by atoms with Crippen LogP contribution in [-0.2, 0) is 4.74 Å². The molecule has 1 atom stereocenters. The Kier molecular flexibility index (Phi) is 3.31. The Balaban J connectivity index is 2.06. The van der Waals surface area contributed by atoms with Gasteiger partial charge < -0.3 is 15.4 Å². The maximum Gasteiger partial charge on any atom is 0.358 e. The van der Waals surface area contributed by atoms with E-state index < -0.39 is 5.97 Å². The Hall–Kier alpha value is -1.69. The molecule has 2 rings (SSSR count). The molecule has 0 bridgehead atoms. The van der Waals surface area contributed by atoms with Crippen LogP contribution < -0.4 is 10.6 Å². The quantitative estimate of drug-likeness (QED) is 0.703. The van der Waals surface area contributed by atoms with Crippen LogP contribution in [-0.4, -0.2) is 42.2 Å². The van der Waals surface area contributed by atoms with E-state index in [-0.39, 0.29) is 5.69 Å². The van der Waals surface area contributed by atoms with Crippen LogP contribution in [0.15, 0.2) is 12.4 Å². The number of methoxy groups -OCH3 is 1. The summed E-state index contributed by atoms with van der Waals surface area (Å²) in [5.74, 6) is 0.136. The van der Waals surface area contributed by atoms with Crippen molar-refractivity contribution < 1.29 is 9.53 Å². The number of anilines is 1. The summed E-state index contributed by atoms with van der Waals surface area (Å²) in [5.41, 5.74) is 0.221. The number of ether oxygens (including phenoxy) is 1. The van der Waals surface area contributed by atoms with Crippen molar-refractivity contribution in [1.82, 2.24) is 15.3 Å². The second-order valence-electron chi connectivity index (χ2n) is 3.62. The minimum absolute atomic E-state index is 0.221. The summed E-state index contributed by atoms with van der Waals surface area (Å²) < 4.78 is 4.58. The van der Waals surface area contributed by atoms with Gasteiger partial charge in [0.15, 0.2) is 5.69 Å². The van der Waals surface area contributed by atoms with Crippen LogP contribution in [0.2, 0.25) is 0 Å². The fourth-order valence-corrected chi connectivity index (χ4v) is 1.63. The third kappa shape index (κ3) is 2.46. The molecule has 1 fully saturated rings. The van der Waals surface area contributed by atoms with Gasteiger partial charge in [-0.3, -0.25) is 4.98 Å². The van der Waals surface area contributed by atoms with Gasteiger partial charge in [-0.2, -0.15) is 0 Å². The molecule has 6 heteroatoms. The van der Waals surface area contributed by atoms with Crippen molar-refractivity contribution in [2.75, 3.05) is 25.5 Å². The lowest BCUT2D eigenvalue weighted by Crippen LogP contribution is -2.23. The molecule has 16 heavy (non-hydrogen) atoms. The average Bonchev–Trinajstić information content (AvgIpc) is 2.81. The van der Waals surface area contributed by atoms with Crippen molar-refractivity contribution in [3.05, 3.63) is 18.1 Å². The van der Waals surface area contributed by atoms with Gasteiger partial charge in [-0.25, -0.2) is 9.78 Å². The van der Waals surface area contributed by atoms with E-state index in [1.807, 2.05) is 0 Å². The molecule has 6 nitrogen and oxygen atoms in total. The number of nitrogens with zero attached hydrogens (tertiary/aromatic N) is 2. The fraction of sp³-hybridized carbons (Fsp3) is 0.500. The third-order valence-electron chi connectivity index (χ3n) is 2.44. The molecular weight excluding hydrogens is 208 g/mol. The van der Waals surface area contributed by atoms with Gasteiger partial charge in [0.1, 0.15) is 5.82 Å². The number of hydrogen-bond acceptors (Lipinski definition) is 6. The Morgan fingerprint density at radius 1 is 1.62 bits per heavy atom. The van der Waals surface area contributed by atoms with Crippen LogP contribution >= 0.6 is 0 Å². The molecule has 0 spiro atoms. The van der Waals surface area contributed by atoms with Gasteiger partial charge in [0, 0.05) is 12.6 Å². The smallest absolute Gasteiger partial charge is 0.358 e. The van der Waals surface area contributed by atoms with Crippen LogP contribution in [0.5, 0.6) is 0 Å². The standard InChI is InChI=1S/C10H14N4O2/c1-16-10(15)8-5-12-6-9(14-8)13-7-2-3-11-4-7/h5-7,11H,2-4H2,1H3,(H,13,14). The summed E-state index contributed by atoms with van der Waals surface area (Å²) in [7, 11) is 1.32. The Morgan fingerprint density at radius 2 is 2.50 bits per heavy atom. The Bertz CT molecular complexity index is 377. The fourth-order valence-electron chi connectivity index (χ4n) is 1.63. The lowest BCUT2D eigenvalue weighted by atomic mass is 10.2. The first-order valence-electron chi connectivity index (χ1n) is 5.17. The van der Waals surface area contributed by atoms with E-state index in [9.17, 15) is 4.79 Å². The van der Waals surface area contributed by atoms with Crippen molar-refractivity contribution in [2.45, 2.75) is 12.5 Å². The number of carbonyl (C=O) groups excluding carboxylic acids is 1. The van der Waals surface area contributed by atoms with E-state index in [0.717, 1.165) is 19.5 Å². The number of rotatable bonds is 3. The zero-order valence-electron chi connectivity index (χ0n) is 9.06. The summed E-state index contributed by atoms with van der Waals surface area (Å²) in [4.78, 5) is 19.3. The van der Waals surface area contributed by atoms with Crippen LogP contribution in [0.4, 0.5) is 5.82 Å². The van der Waals surface area contributed by atoms with E-state index in [2.05, 4.69) is 25.3 Å². The van der Waals surface area contributed by atoms with Crippen LogP contribution in [0.3, 0.4) is 0 Å². The second kappa shape index (κ2) is 4.89. The minimum Gasteiger partial charge on any atom is -0.464 e. The van der Waals surface area contributed by atoms with Gasteiger partial charge in [0.05, 0.1) is 19.5 Å². The molecule has 1 aliphatic rings. The monoisotopic (exact) mass is 222 g/mol. The van der Waals surface area contributed by atoms with Gasteiger partial charge in [-0.1, -0.05) is 0 Å². The molecule has 0 aliphatic carbocycles. The Morgan fingerprint density at radius 3 is 3.19 bits per heavy atom. The highest BCUT2D eigenvalue weighted by Crippen LogP contribution is 2.08. The molecule has 1 aromatic rings. The topological polar surface area (TPSA) is 76.1 Å². The molecule has 1 saturated heterocycles. The van der Waals surface area contributed by atoms with Crippen molar-refractivity contribution >= 4 is 11.8 Å². The molecule has 0 aromatic carbocycles. The molecule has 0 amide bonds. The molecule has 86 valence electrons. The van der Waals surface area contributed by atoms with E-state index >= 15 is 0 Å². The largest absolute Gasteiger partial charge is 0.464 e. The average molecular weight is 222 g/mol. The van der Waals surface area contributed by atoms with Crippen LogP contribution in [0.1, 0.15) is 16.9 Å². The zero-order valence-corrected chi connectivity index (χ0v) is 9.06. The van der Waals surface area contributed by atoms with E-state index in [0.29, 0.717) is 11.9 Å². The summed E-state index contributed by atoms with van der Waals surface area (Å²) in [5, 5.41) is 6.46. The number of nitrogens with one attached hydrogen (secondary N) is 2. The minimum atomic E-state index is -0.472. The van der Waals surface area contributed by atoms with E-state index in [1.54, 1.807) is 6.20 Å². The maximum atomic E-state index is 11.2. The van der Waals surface area contributed by atoms with E-state index in [1.165, 1.54) is 13.3 Å². The summed E-state index contributed by atoms with van der Waals surface area (Å²) in [6.07, 6.45) is 4.04. The molecule has 1 unspecified atom stereocenters. The van der Waals surface area contributed by atoms with Crippen LogP contribution in [0, 0.1) is 0 Å². The lowest BCUT2D eigenvalue weighted by Gasteiger charge is -2.11. The van der Waals surface area contributed by atoms with Crippen LogP contribution in [0.25, 0.3) is 0 Å². The van der Waals surface area contributed by atoms with Crippen molar-refractivity contribution in [1.29, 1.82) is 0 Å². The highest BCUT2D eigenvalue weighted by atomic mass is 16.5. The first-order chi connectivity index (χ1) is 7.79. The molecule has 0 radical (unpaired) electrons. The first kappa shape index (κ1) is 10.8.